The predicted molar refractivity (Wildman–Crippen MR) is 81.1 cm³/mol. The smallest absolute Gasteiger partial charge is 0.125 e. The first-order valence-electron chi connectivity index (χ1n) is 6.82. The van der Waals surface area contributed by atoms with Crippen LogP contribution in [0.1, 0.15) is 29.7 Å². The van der Waals surface area contributed by atoms with Crippen LogP contribution < -0.4 is 15.2 Å². The molecule has 1 atom stereocenters. The van der Waals surface area contributed by atoms with Gasteiger partial charge in [-0.3, -0.25) is 0 Å². The minimum Gasteiger partial charge on any atom is -0.496 e. The number of aryl methyl sites for hydroxylation is 1. The summed E-state index contributed by atoms with van der Waals surface area (Å²) >= 11 is 0. The summed E-state index contributed by atoms with van der Waals surface area (Å²) in [7, 11) is 1.62. The van der Waals surface area contributed by atoms with E-state index in [1.54, 1.807) is 20.1 Å². The van der Waals surface area contributed by atoms with Gasteiger partial charge in [-0.2, -0.15) is 0 Å². The van der Waals surface area contributed by atoms with E-state index in [1.165, 1.54) is 12.1 Å². The molecule has 4 heteroatoms. The van der Waals surface area contributed by atoms with Gasteiger partial charge in [0, 0.05) is 17.2 Å². The molecule has 2 aromatic rings. The molecule has 0 aliphatic heterocycles. The number of hydrogen-bond acceptors (Lipinski definition) is 3. The quantitative estimate of drug-likeness (QED) is 0.912. The molecular weight excluding hydrogens is 269 g/mol. The third kappa shape index (κ3) is 3.73. The van der Waals surface area contributed by atoms with E-state index in [1.807, 2.05) is 25.1 Å². The molecule has 2 aromatic carbocycles. The normalized spacial score (nSPS) is 12.0. The summed E-state index contributed by atoms with van der Waals surface area (Å²) < 4.78 is 24.4. The molecule has 0 heterocycles. The summed E-state index contributed by atoms with van der Waals surface area (Å²) in [5, 5.41) is 0. The zero-order valence-electron chi connectivity index (χ0n) is 12.5. The Kier molecular flexibility index (Phi) is 4.81. The SMILES string of the molecule is COc1ccc(C)cc1COc1ccc(F)cc1[C@H](C)N. The van der Waals surface area contributed by atoms with Gasteiger partial charge in [0.1, 0.15) is 23.9 Å². The van der Waals surface area contributed by atoms with Crippen LogP contribution in [0.25, 0.3) is 0 Å². The van der Waals surface area contributed by atoms with Crippen molar-refractivity contribution in [1.82, 2.24) is 0 Å². The van der Waals surface area contributed by atoms with Crippen molar-refractivity contribution in [1.29, 1.82) is 0 Å². The first kappa shape index (κ1) is 15.3. The van der Waals surface area contributed by atoms with Crippen molar-refractivity contribution in [2.45, 2.75) is 26.5 Å². The Balaban J connectivity index is 2.22. The van der Waals surface area contributed by atoms with Crippen molar-refractivity contribution < 1.29 is 13.9 Å². The molecule has 2 rings (SSSR count). The highest BCUT2D eigenvalue weighted by atomic mass is 19.1. The van der Waals surface area contributed by atoms with Gasteiger partial charge in [0.15, 0.2) is 0 Å². The summed E-state index contributed by atoms with van der Waals surface area (Å²) in [5.74, 6) is 1.04. The van der Waals surface area contributed by atoms with E-state index in [-0.39, 0.29) is 11.9 Å². The molecule has 0 aliphatic rings. The van der Waals surface area contributed by atoms with Crippen molar-refractivity contribution in [3.05, 3.63) is 58.9 Å². The Labute approximate surface area is 124 Å². The topological polar surface area (TPSA) is 44.5 Å². The predicted octanol–water partition coefficient (Wildman–Crippen LogP) is 3.74. The molecule has 0 amide bonds. The standard InChI is InChI=1S/C17H20FNO2/c1-11-4-6-16(20-3)13(8-11)10-21-17-7-5-14(18)9-15(17)12(2)19/h4-9,12H,10,19H2,1-3H3/t12-/m0/s1. The number of benzene rings is 2. The minimum absolute atomic E-state index is 0.296. The van der Waals surface area contributed by atoms with Gasteiger partial charge in [-0.05, 0) is 44.2 Å². The van der Waals surface area contributed by atoms with Gasteiger partial charge in [0.2, 0.25) is 0 Å². The van der Waals surface area contributed by atoms with Crippen LogP contribution in [-0.2, 0) is 6.61 Å². The summed E-state index contributed by atoms with van der Waals surface area (Å²) in [6.45, 7) is 4.15. The van der Waals surface area contributed by atoms with Crippen molar-refractivity contribution in [2.24, 2.45) is 5.73 Å². The van der Waals surface area contributed by atoms with E-state index in [2.05, 4.69) is 0 Å². The monoisotopic (exact) mass is 289 g/mol. The van der Waals surface area contributed by atoms with Gasteiger partial charge < -0.3 is 15.2 Å². The molecule has 0 aliphatic carbocycles. The molecular formula is C17H20FNO2. The molecule has 112 valence electrons. The van der Waals surface area contributed by atoms with Crippen LogP contribution >= 0.6 is 0 Å². The Morgan fingerprint density at radius 1 is 1.14 bits per heavy atom. The first-order chi connectivity index (χ1) is 10.0. The molecule has 3 nitrogen and oxygen atoms in total. The second-order valence-corrected chi connectivity index (χ2v) is 5.07. The highest BCUT2D eigenvalue weighted by Gasteiger charge is 2.11. The second kappa shape index (κ2) is 6.59. The van der Waals surface area contributed by atoms with Crippen LogP contribution in [-0.4, -0.2) is 7.11 Å². The van der Waals surface area contributed by atoms with E-state index in [4.69, 9.17) is 15.2 Å². The van der Waals surface area contributed by atoms with Crippen LogP contribution in [0, 0.1) is 12.7 Å². The fourth-order valence-corrected chi connectivity index (χ4v) is 2.18. The third-order valence-electron chi connectivity index (χ3n) is 3.28. The average Bonchev–Trinajstić information content (AvgIpc) is 2.46. The molecule has 0 bridgehead atoms. The number of halogens is 1. The Morgan fingerprint density at radius 2 is 1.86 bits per heavy atom. The zero-order chi connectivity index (χ0) is 15.4. The Hall–Kier alpha value is -2.07. The van der Waals surface area contributed by atoms with Gasteiger partial charge >= 0.3 is 0 Å². The Bertz CT molecular complexity index is 626. The van der Waals surface area contributed by atoms with Crippen molar-refractivity contribution in [3.8, 4) is 11.5 Å². The number of nitrogens with two attached hydrogens (primary N) is 1. The van der Waals surface area contributed by atoms with E-state index in [0.29, 0.717) is 17.9 Å². The van der Waals surface area contributed by atoms with Gasteiger partial charge in [-0.15, -0.1) is 0 Å². The number of ether oxygens (including phenoxy) is 2. The summed E-state index contributed by atoms with van der Waals surface area (Å²) in [6.07, 6.45) is 0. The molecule has 21 heavy (non-hydrogen) atoms. The van der Waals surface area contributed by atoms with E-state index in [9.17, 15) is 4.39 Å². The number of rotatable bonds is 5. The van der Waals surface area contributed by atoms with Crippen molar-refractivity contribution in [3.63, 3.8) is 0 Å². The molecule has 2 N–H and O–H groups in total. The lowest BCUT2D eigenvalue weighted by atomic mass is 10.1. The van der Waals surface area contributed by atoms with Crippen molar-refractivity contribution >= 4 is 0 Å². The van der Waals surface area contributed by atoms with Crippen molar-refractivity contribution in [2.75, 3.05) is 7.11 Å². The van der Waals surface area contributed by atoms with Gasteiger partial charge in [-0.1, -0.05) is 11.6 Å². The number of methoxy groups -OCH3 is 1. The third-order valence-corrected chi connectivity index (χ3v) is 3.28. The fourth-order valence-electron chi connectivity index (χ4n) is 2.18. The van der Waals surface area contributed by atoms with E-state index < -0.39 is 0 Å². The maximum Gasteiger partial charge on any atom is 0.125 e. The van der Waals surface area contributed by atoms with Gasteiger partial charge in [-0.25, -0.2) is 4.39 Å². The van der Waals surface area contributed by atoms with Crippen LogP contribution in [0.5, 0.6) is 11.5 Å². The summed E-state index contributed by atoms with van der Waals surface area (Å²) in [4.78, 5) is 0. The molecule has 0 saturated carbocycles. The minimum atomic E-state index is -0.317. The van der Waals surface area contributed by atoms with Gasteiger partial charge in [0.05, 0.1) is 7.11 Å². The maximum atomic E-state index is 13.3. The highest BCUT2D eigenvalue weighted by Crippen LogP contribution is 2.27. The molecule has 0 spiro atoms. The lowest BCUT2D eigenvalue weighted by Gasteiger charge is -2.15. The lowest BCUT2D eigenvalue weighted by Crippen LogP contribution is -2.09. The molecule has 0 saturated heterocycles. The molecule has 0 unspecified atom stereocenters. The van der Waals surface area contributed by atoms with Crippen LogP contribution in [0.2, 0.25) is 0 Å². The number of hydrogen-bond donors (Lipinski definition) is 1. The fraction of sp³-hybridized carbons (Fsp3) is 0.294. The summed E-state index contributed by atoms with van der Waals surface area (Å²) in [5.41, 5.74) is 8.58. The van der Waals surface area contributed by atoms with Crippen LogP contribution in [0.15, 0.2) is 36.4 Å². The average molecular weight is 289 g/mol. The largest absolute Gasteiger partial charge is 0.496 e. The zero-order valence-corrected chi connectivity index (χ0v) is 12.5. The highest BCUT2D eigenvalue weighted by molar-refractivity contribution is 5.39. The molecule has 0 fully saturated rings. The lowest BCUT2D eigenvalue weighted by molar-refractivity contribution is 0.292. The second-order valence-electron chi connectivity index (χ2n) is 5.07. The van der Waals surface area contributed by atoms with E-state index in [0.717, 1.165) is 16.9 Å². The summed E-state index contributed by atoms with van der Waals surface area (Å²) in [6, 6.07) is 9.99. The molecule has 0 radical (unpaired) electrons. The first-order valence-corrected chi connectivity index (χ1v) is 6.82. The Morgan fingerprint density at radius 3 is 2.52 bits per heavy atom. The van der Waals surface area contributed by atoms with Gasteiger partial charge in [0.25, 0.3) is 0 Å². The maximum absolute atomic E-state index is 13.3. The molecule has 0 aromatic heterocycles. The van der Waals surface area contributed by atoms with E-state index >= 15 is 0 Å². The van der Waals surface area contributed by atoms with Crippen LogP contribution in [0.4, 0.5) is 4.39 Å². The van der Waals surface area contributed by atoms with Crippen LogP contribution in [0.3, 0.4) is 0 Å².